The molecule has 2 N–H and O–H groups in total. The molecule has 2 aromatic heterocycles. The van der Waals surface area contributed by atoms with Crippen LogP contribution >= 0.6 is 11.8 Å². The van der Waals surface area contributed by atoms with Gasteiger partial charge in [-0.1, -0.05) is 18.2 Å². The van der Waals surface area contributed by atoms with E-state index in [9.17, 15) is 0 Å². The molecular weight excluding hydrogens is 292 g/mol. The van der Waals surface area contributed by atoms with Crippen LogP contribution in [0, 0.1) is 6.92 Å². The zero-order chi connectivity index (χ0) is 14.9. The number of benzene rings is 1. The third-order valence-corrected chi connectivity index (χ3v) is 5.29. The van der Waals surface area contributed by atoms with Crippen LogP contribution in [0.3, 0.4) is 0 Å². The van der Waals surface area contributed by atoms with Crippen LogP contribution in [-0.4, -0.2) is 20.9 Å². The number of nitrogens with zero attached hydrogens (tertiary/aromatic N) is 2. The Bertz CT molecular complexity index is 811. The van der Waals surface area contributed by atoms with Gasteiger partial charge in [-0.25, -0.2) is 4.98 Å². The van der Waals surface area contributed by atoms with Crippen LogP contribution in [0.5, 0.6) is 0 Å². The van der Waals surface area contributed by atoms with Crippen molar-refractivity contribution in [3.63, 3.8) is 0 Å². The second-order valence-electron chi connectivity index (χ2n) is 5.67. The monoisotopic (exact) mass is 310 g/mol. The predicted octanol–water partition coefficient (Wildman–Crippen LogP) is 3.59. The molecule has 3 aromatic rings. The van der Waals surface area contributed by atoms with E-state index in [0.717, 1.165) is 23.3 Å². The molecule has 112 valence electrons. The van der Waals surface area contributed by atoms with Gasteiger partial charge in [0, 0.05) is 34.8 Å². The summed E-state index contributed by atoms with van der Waals surface area (Å²) >= 11 is 1.95. The Hall–Kier alpha value is -1.85. The van der Waals surface area contributed by atoms with Crippen LogP contribution < -0.4 is 5.32 Å². The summed E-state index contributed by atoms with van der Waals surface area (Å²) in [5, 5.41) is 12.0. The molecule has 1 aliphatic rings. The number of aromatic nitrogens is 3. The fourth-order valence-corrected chi connectivity index (χ4v) is 4.08. The number of H-pyrrole nitrogens is 1. The molecule has 4 rings (SSSR count). The van der Waals surface area contributed by atoms with E-state index < -0.39 is 0 Å². The Morgan fingerprint density at radius 2 is 2.27 bits per heavy atom. The first-order valence-corrected chi connectivity index (χ1v) is 8.54. The second-order valence-corrected chi connectivity index (χ2v) is 6.81. The highest BCUT2D eigenvalue weighted by Crippen LogP contribution is 2.35. The fourth-order valence-electron chi connectivity index (χ4n) is 2.95. The van der Waals surface area contributed by atoms with Crippen LogP contribution in [-0.2, 0) is 6.54 Å². The Morgan fingerprint density at radius 3 is 3.23 bits per heavy atom. The maximum absolute atomic E-state index is 4.42. The first-order valence-electron chi connectivity index (χ1n) is 7.56. The molecule has 0 amide bonds. The first-order chi connectivity index (χ1) is 10.8. The minimum absolute atomic E-state index is 0.429. The molecule has 0 aliphatic carbocycles. The van der Waals surface area contributed by atoms with Gasteiger partial charge in [-0.05, 0) is 42.4 Å². The number of aromatic amines is 1. The maximum atomic E-state index is 4.42. The number of thioether (sulfide) groups is 1. The average Bonchev–Trinajstić information content (AvgIpc) is 2.94. The quantitative estimate of drug-likeness (QED) is 0.776. The minimum Gasteiger partial charge on any atom is -0.306 e. The third kappa shape index (κ3) is 2.51. The highest BCUT2D eigenvalue weighted by Gasteiger charge is 2.19. The van der Waals surface area contributed by atoms with Gasteiger partial charge in [-0.3, -0.25) is 5.10 Å². The molecule has 1 aromatic carbocycles. The van der Waals surface area contributed by atoms with Crippen LogP contribution in [0.1, 0.15) is 29.3 Å². The summed E-state index contributed by atoms with van der Waals surface area (Å²) in [4.78, 5) is 5.83. The van der Waals surface area contributed by atoms with Crippen LogP contribution in [0.15, 0.2) is 41.4 Å². The first kappa shape index (κ1) is 13.8. The van der Waals surface area contributed by atoms with Gasteiger partial charge in [0.05, 0.1) is 0 Å². The van der Waals surface area contributed by atoms with Gasteiger partial charge in [0.2, 0.25) is 0 Å². The van der Waals surface area contributed by atoms with Gasteiger partial charge in [0.15, 0.2) is 5.65 Å². The molecule has 1 atom stereocenters. The van der Waals surface area contributed by atoms with Gasteiger partial charge >= 0.3 is 0 Å². The van der Waals surface area contributed by atoms with E-state index in [1.807, 2.05) is 24.9 Å². The lowest BCUT2D eigenvalue weighted by Crippen LogP contribution is -2.24. The molecule has 0 bridgehead atoms. The Morgan fingerprint density at radius 1 is 1.36 bits per heavy atom. The summed E-state index contributed by atoms with van der Waals surface area (Å²) in [7, 11) is 0. The second kappa shape index (κ2) is 5.74. The van der Waals surface area contributed by atoms with Crippen molar-refractivity contribution < 1.29 is 0 Å². The van der Waals surface area contributed by atoms with Crippen LogP contribution in [0.25, 0.3) is 11.0 Å². The SMILES string of the molecule is Cc1[nH]nc2ncc(CNC3CCSc4ccccc43)cc12. The van der Waals surface area contributed by atoms with E-state index in [2.05, 4.69) is 50.8 Å². The summed E-state index contributed by atoms with van der Waals surface area (Å²) in [5.41, 5.74) is 4.49. The van der Waals surface area contributed by atoms with Crippen molar-refractivity contribution in [3.8, 4) is 0 Å². The number of rotatable bonds is 3. The van der Waals surface area contributed by atoms with E-state index in [1.54, 1.807) is 0 Å². The standard InChI is InChI=1S/C17H18N4S/c1-11-14-8-12(10-19-17(14)21-20-11)9-18-15-6-7-22-16-5-3-2-4-13(15)16/h2-5,8,10,15,18H,6-7,9H2,1H3,(H,19,20,21). The zero-order valence-corrected chi connectivity index (χ0v) is 13.3. The van der Waals surface area contributed by atoms with Crippen molar-refractivity contribution in [1.82, 2.24) is 20.5 Å². The number of fused-ring (bicyclic) bond motifs is 2. The third-order valence-electron chi connectivity index (χ3n) is 4.17. The highest BCUT2D eigenvalue weighted by molar-refractivity contribution is 7.99. The number of hydrogen-bond acceptors (Lipinski definition) is 4. The van der Waals surface area contributed by atoms with Crippen molar-refractivity contribution in [1.29, 1.82) is 0 Å². The lowest BCUT2D eigenvalue weighted by atomic mass is 10.0. The minimum atomic E-state index is 0.429. The fraction of sp³-hybridized carbons (Fsp3) is 0.294. The summed E-state index contributed by atoms with van der Waals surface area (Å²) in [6, 6.07) is 11.3. The largest absolute Gasteiger partial charge is 0.306 e. The van der Waals surface area contributed by atoms with Crippen molar-refractivity contribution in [2.75, 3.05) is 5.75 Å². The molecule has 1 unspecified atom stereocenters. The van der Waals surface area contributed by atoms with Crippen LogP contribution in [0.2, 0.25) is 0 Å². The normalized spacial score (nSPS) is 17.6. The molecule has 0 saturated carbocycles. The molecule has 3 heterocycles. The van der Waals surface area contributed by atoms with Gasteiger partial charge < -0.3 is 5.32 Å². The number of nitrogens with one attached hydrogen (secondary N) is 2. The smallest absolute Gasteiger partial charge is 0.181 e. The Labute approximate surface area is 133 Å². The van der Waals surface area contributed by atoms with Crippen molar-refractivity contribution in [2.45, 2.75) is 30.8 Å². The topological polar surface area (TPSA) is 53.6 Å². The van der Waals surface area contributed by atoms with Crippen molar-refractivity contribution in [2.24, 2.45) is 0 Å². The summed E-state index contributed by atoms with van der Waals surface area (Å²) in [6.45, 7) is 2.86. The lowest BCUT2D eigenvalue weighted by Gasteiger charge is -2.26. The van der Waals surface area contributed by atoms with E-state index >= 15 is 0 Å². The van der Waals surface area contributed by atoms with Gasteiger partial charge in [0.1, 0.15) is 0 Å². The van der Waals surface area contributed by atoms with Crippen molar-refractivity contribution in [3.05, 3.63) is 53.3 Å². The summed E-state index contributed by atoms with van der Waals surface area (Å²) in [6.07, 6.45) is 3.08. The average molecular weight is 310 g/mol. The zero-order valence-electron chi connectivity index (χ0n) is 12.5. The molecule has 0 saturated heterocycles. The van der Waals surface area contributed by atoms with E-state index in [4.69, 9.17) is 0 Å². The van der Waals surface area contributed by atoms with Gasteiger partial charge in [-0.15, -0.1) is 11.8 Å². The van der Waals surface area contributed by atoms with E-state index in [1.165, 1.54) is 28.2 Å². The van der Waals surface area contributed by atoms with Crippen molar-refractivity contribution >= 4 is 22.8 Å². The number of hydrogen-bond donors (Lipinski definition) is 2. The van der Waals surface area contributed by atoms with Gasteiger partial charge in [0.25, 0.3) is 0 Å². The highest BCUT2D eigenvalue weighted by atomic mass is 32.2. The van der Waals surface area contributed by atoms with E-state index in [0.29, 0.717) is 6.04 Å². The number of pyridine rings is 1. The van der Waals surface area contributed by atoms with E-state index in [-0.39, 0.29) is 0 Å². The molecule has 5 heteroatoms. The molecule has 22 heavy (non-hydrogen) atoms. The summed E-state index contributed by atoms with van der Waals surface area (Å²) < 4.78 is 0. The summed E-state index contributed by atoms with van der Waals surface area (Å²) in [5.74, 6) is 1.17. The maximum Gasteiger partial charge on any atom is 0.181 e. The molecule has 0 spiro atoms. The molecule has 0 fully saturated rings. The Kier molecular flexibility index (Phi) is 3.60. The molecule has 4 nitrogen and oxygen atoms in total. The molecule has 0 radical (unpaired) electrons. The number of aryl methyl sites for hydroxylation is 1. The lowest BCUT2D eigenvalue weighted by molar-refractivity contribution is 0.510. The molecule has 1 aliphatic heterocycles. The molecular formula is C17H18N4S. The van der Waals surface area contributed by atoms with Crippen LogP contribution in [0.4, 0.5) is 0 Å². The Balaban J connectivity index is 1.53. The predicted molar refractivity (Wildman–Crippen MR) is 90.0 cm³/mol. The van der Waals surface area contributed by atoms with Gasteiger partial charge in [-0.2, -0.15) is 5.10 Å².